The summed E-state index contributed by atoms with van der Waals surface area (Å²) >= 11 is 6.59. The van der Waals surface area contributed by atoms with Crippen LogP contribution in [0.25, 0.3) is 17.0 Å². The molecule has 1 aliphatic heterocycles. The van der Waals surface area contributed by atoms with Gasteiger partial charge in [0.15, 0.2) is 0 Å². The van der Waals surface area contributed by atoms with E-state index in [-0.39, 0.29) is 28.3 Å². The van der Waals surface area contributed by atoms with Gasteiger partial charge in [0.2, 0.25) is 0 Å². The molecule has 0 radical (unpaired) electrons. The van der Waals surface area contributed by atoms with Gasteiger partial charge in [-0.25, -0.2) is 0 Å². The standard InChI is InChI=1S/C20H13ClF3N3O2S.C2H6/c1-26-18(28)17(30-19(26)29)7-11-2-5-16-13(6-11)9-25-27(16)10-12-3-4-14(21)8-15(12)20(22,23)24;1-2/h2-9H,10H2,1H3;1-2H3/b17-7-;. The lowest BCUT2D eigenvalue weighted by Gasteiger charge is -2.14. The number of carbonyl (C=O) groups excluding carboxylic acids is 2. The van der Waals surface area contributed by atoms with Gasteiger partial charge in [-0.05, 0) is 53.2 Å². The molecule has 10 heteroatoms. The second-order valence-corrected chi connectivity index (χ2v) is 8.09. The largest absolute Gasteiger partial charge is 0.416 e. The molecule has 2 aromatic carbocycles. The lowest BCUT2D eigenvalue weighted by Crippen LogP contribution is -2.22. The monoisotopic (exact) mass is 481 g/mol. The van der Waals surface area contributed by atoms with E-state index in [1.165, 1.54) is 23.9 Å². The third-order valence-corrected chi connectivity index (χ3v) is 5.84. The van der Waals surface area contributed by atoms with Crippen LogP contribution in [0.15, 0.2) is 47.5 Å². The normalized spacial score (nSPS) is 15.5. The van der Waals surface area contributed by atoms with Gasteiger partial charge in [-0.15, -0.1) is 0 Å². The predicted molar refractivity (Wildman–Crippen MR) is 120 cm³/mol. The molecule has 1 saturated heterocycles. The molecule has 0 atom stereocenters. The molecule has 0 unspecified atom stereocenters. The highest BCUT2D eigenvalue weighted by Gasteiger charge is 2.34. The SMILES string of the molecule is CC.CN1C(=O)S/C(=C\c2ccc3c(cnn3Cc3ccc(Cl)cc3C(F)(F)F)c2)C1=O. The van der Waals surface area contributed by atoms with Crippen molar-refractivity contribution in [3.05, 3.63) is 69.2 Å². The Morgan fingerprint density at radius 3 is 2.47 bits per heavy atom. The van der Waals surface area contributed by atoms with Crippen molar-refractivity contribution in [1.82, 2.24) is 14.7 Å². The Kier molecular flexibility index (Phi) is 7.00. The number of hydrogen-bond acceptors (Lipinski definition) is 4. The Morgan fingerprint density at radius 1 is 1.12 bits per heavy atom. The average Bonchev–Trinajstić information content (AvgIpc) is 3.26. The molecule has 1 aromatic heterocycles. The van der Waals surface area contributed by atoms with Crippen LogP contribution in [0.5, 0.6) is 0 Å². The molecule has 2 heterocycles. The highest BCUT2D eigenvalue weighted by molar-refractivity contribution is 8.18. The van der Waals surface area contributed by atoms with Crippen LogP contribution < -0.4 is 0 Å². The van der Waals surface area contributed by atoms with E-state index in [9.17, 15) is 22.8 Å². The Bertz CT molecular complexity index is 1220. The number of alkyl halides is 3. The van der Waals surface area contributed by atoms with Crippen LogP contribution in [-0.4, -0.2) is 32.9 Å². The van der Waals surface area contributed by atoms with E-state index >= 15 is 0 Å². The van der Waals surface area contributed by atoms with Gasteiger partial charge >= 0.3 is 6.18 Å². The number of hydrogen-bond donors (Lipinski definition) is 0. The number of likely N-dealkylation sites (N-methyl/N-ethyl adjacent to an activating group) is 1. The molecule has 1 fully saturated rings. The van der Waals surface area contributed by atoms with E-state index < -0.39 is 11.7 Å². The second kappa shape index (κ2) is 9.38. The number of aromatic nitrogens is 2. The first kappa shape index (κ1) is 23.9. The summed E-state index contributed by atoms with van der Waals surface area (Å²) < 4.78 is 41.5. The molecule has 1 aliphatic rings. The molecule has 168 valence electrons. The number of amides is 2. The van der Waals surface area contributed by atoms with E-state index in [1.54, 1.807) is 30.5 Å². The van der Waals surface area contributed by atoms with Gasteiger partial charge in [-0.3, -0.25) is 19.2 Å². The molecule has 0 saturated carbocycles. The topological polar surface area (TPSA) is 55.2 Å². The van der Waals surface area contributed by atoms with Gasteiger partial charge in [0, 0.05) is 17.5 Å². The fourth-order valence-electron chi connectivity index (χ4n) is 3.13. The zero-order valence-corrected chi connectivity index (χ0v) is 19.0. The molecule has 5 nitrogen and oxygen atoms in total. The molecule has 0 spiro atoms. The predicted octanol–water partition coefficient (Wildman–Crippen LogP) is 6.45. The van der Waals surface area contributed by atoms with Crippen molar-refractivity contribution >= 4 is 51.5 Å². The first-order valence-electron chi connectivity index (χ1n) is 9.66. The summed E-state index contributed by atoms with van der Waals surface area (Å²) in [6, 6.07) is 8.85. The van der Waals surface area contributed by atoms with Crippen molar-refractivity contribution in [3.63, 3.8) is 0 Å². The minimum absolute atomic E-state index is 0.0116. The maximum atomic E-state index is 13.4. The number of halogens is 4. The molecular formula is C22H19ClF3N3O2S. The molecule has 3 aromatic rings. The van der Waals surface area contributed by atoms with Crippen molar-refractivity contribution < 1.29 is 22.8 Å². The van der Waals surface area contributed by atoms with Crippen molar-refractivity contribution in [2.45, 2.75) is 26.6 Å². The van der Waals surface area contributed by atoms with Gasteiger partial charge in [0.1, 0.15) is 0 Å². The summed E-state index contributed by atoms with van der Waals surface area (Å²) in [5, 5.41) is 4.57. The average molecular weight is 482 g/mol. The van der Waals surface area contributed by atoms with Crippen LogP contribution in [0.1, 0.15) is 30.5 Å². The number of thioether (sulfide) groups is 1. The molecule has 2 amide bonds. The molecule has 0 aliphatic carbocycles. The van der Waals surface area contributed by atoms with E-state index in [1.807, 2.05) is 13.8 Å². The quantitative estimate of drug-likeness (QED) is 0.403. The fourth-order valence-corrected chi connectivity index (χ4v) is 4.13. The summed E-state index contributed by atoms with van der Waals surface area (Å²) in [4.78, 5) is 25.0. The minimum atomic E-state index is -4.53. The Hall–Kier alpha value is -2.78. The van der Waals surface area contributed by atoms with E-state index in [0.29, 0.717) is 21.4 Å². The number of nitrogens with zero attached hydrogens (tertiary/aromatic N) is 3. The molecule has 0 bridgehead atoms. The summed E-state index contributed by atoms with van der Waals surface area (Å²) in [6.45, 7) is 3.92. The first-order chi connectivity index (χ1) is 15.1. The molecule has 0 N–H and O–H groups in total. The number of imide groups is 1. The van der Waals surface area contributed by atoms with Crippen LogP contribution >= 0.6 is 23.4 Å². The summed E-state index contributed by atoms with van der Waals surface area (Å²) in [5.41, 5.74) is 0.574. The smallest absolute Gasteiger partial charge is 0.272 e. The van der Waals surface area contributed by atoms with Gasteiger partial charge in [-0.2, -0.15) is 18.3 Å². The summed E-state index contributed by atoms with van der Waals surface area (Å²) in [5.74, 6) is -0.372. The van der Waals surface area contributed by atoms with Crippen molar-refractivity contribution in [1.29, 1.82) is 0 Å². The van der Waals surface area contributed by atoms with Gasteiger partial charge in [0.05, 0.1) is 28.7 Å². The highest BCUT2D eigenvalue weighted by Crippen LogP contribution is 2.35. The van der Waals surface area contributed by atoms with Crippen LogP contribution in [0.2, 0.25) is 5.02 Å². The van der Waals surface area contributed by atoms with E-state index in [4.69, 9.17) is 11.6 Å². The minimum Gasteiger partial charge on any atom is -0.272 e. The number of rotatable bonds is 3. The number of carbonyl (C=O) groups is 2. The molecular weight excluding hydrogens is 463 g/mol. The third-order valence-electron chi connectivity index (χ3n) is 4.65. The molecule has 32 heavy (non-hydrogen) atoms. The Balaban J connectivity index is 0.00000141. The Morgan fingerprint density at radius 2 is 1.84 bits per heavy atom. The van der Waals surface area contributed by atoms with Gasteiger partial charge < -0.3 is 0 Å². The van der Waals surface area contributed by atoms with Crippen molar-refractivity contribution in [3.8, 4) is 0 Å². The van der Waals surface area contributed by atoms with Gasteiger partial charge in [-0.1, -0.05) is 37.6 Å². The zero-order chi connectivity index (χ0) is 23.6. The van der Waals surface area contributed by atoms with E-state index in [2.05, 4.69) is 5.10 Å². The number of fused-ring (bicyclic) bond motifs is 1. The van der Waals surface area contributed by atoms with Crippen LogP contribution in [0.4, 0.5) is 18.0 Å². The maximum Gasteiger partial charge on any atom is 0.416 e. The van der Waals surface area contributed by atoms with Crippen LogP contribution in [0.3, 0.4) is 0 Å². The first-order valence-corrected chi connectivity index (χ1v) is 10.9. The summed E-state index contributed by atoms with van der Waals surface area (Å²) in [6.07, 6.45) is -1.38. The third kappa shape index (κ3) is 4.83. The van der Waals surface area contributed by atoms with Crippen molar-refractivity contribution in [2.24, 2.45) is 0 Å². The van der Waals surface area contributed by atoms with Crippen molar-refractivity contribution in [2.75, 3.05) is 7.05 Å². The number of benzene rings is 2. The van der Waals surface area contributed by atoms with Gasteiger partial charge in [0.25, 0.3) is 11.1 Å². The lowest BCUT2D eigenvalue weighted by atomic mass is 10.1. The second-order valence-electron chi connectivity index (χ2n) is 6.66. The molecule has 4 rings (SSSR count). The zero-order valence-electron chi connectivity index (χ0n) is 17.4. The lowest BCUT2D eigenvalue weighted by molar-refractivity contribution is -0.138. The van der Waals surface area contributed by atoms with E-state index in [0.717, 1.165) is 22.7 Å². The van der Waals surface area contributed by atoms with Crippen LogP contribution in [0, 0.1) is 0 Å². The summed E-state index contributed by atoms with van der Waals surface area (Å²) in [7, 11) is 1.41. The van der Waals surface area contributed by atoms with Crippen LogP contribution in [-0.2, 0) is 17.5 Å². The highest BCUT2D eigenvalue weighted by atomic mass is 35.5. The maximum absolute atomic E-state index is 13.4. The fraction of sp³-hybridized carbons (Fsp3) is 0.227. The Labute approximate surface area is 191 Å².